The van der Waals surface area contributed by atoms with Crippen LogP contribution in [0.4, 0.5) is 0 Å². The predicted molar refractivity (Wildman–Crippen MR) is 61.7 cm³/mol. The molecule has 2 rings (SSSR count). The molecular formula is C12H14N2O2. The van der Waals surface area contributed by atoms with Crippen molar-refractivity contribution < 1.29 is 9.90 Å². The second kappa shape index (κ2) is 3.33. The number of carboxylic acid groups (broad SMARTS) is 1. The first kappa shape index (κ1) is 10.7. The Kier molecular flexibility index (Phi) is 2.22. The Balaban J connectivity index is 2.70. The van der Waals surface area contributed by atoms with E-state index in [1.807, 2.05) is 12.3 Å². The van der Waals surface area contributed by atoms with E-state index >= 15 is 0 Å². The van der Waals surface area contributed by atoms with Crippen molar-refractivity contribution in [3.8, 4) is 0 Å². The Labute approximate surface area is 93.5 Å². The van der Waals surface area contributed by atoms with E-state index in [1.54, 1.807) is 12.3 Å². The van der Waals surface area contributed by atoms with Crippen LogP contribution in [0.2, 0.25) is 0 Å². The second-order valence-corrected chi connectivity index (χ2v) is 4.79. The molecule has 0 radical (unpaired) electrons. The summed E-state index contributed by atoms with van der Waals surface area (Å²) in [6, 6.07) is 3.56. The smallest absolute Gasteiger partial charge is 0.354 e. The molecule has 0 aliphatic heterocycles. The maximum atomic E-state index is 10.9. The van der Waals surface area contributed by atoms with Crippen molar-refractivity contribution in [1.82, 2.24) is 9.55 Å². The van der Waals surface area contributed by atoms with Crippen molar-refractivity contribution in [3.63, 3.8) is 0 Å². The maximum Gasteiger partial charge on any atom is 0.354 e. The van der Waals surface area contributed by atoms with Crippen molar-refractivity contribution in [1.29, 1.82) is 0 Å². The number of aromatic carboxylic acids is 1. The molecule has 0 aliphatic carbocycles. The largest absolute Gasteiger partial charge is 0.477 e. The molecule has 4 nitrogen and oxygen atoms in total. The molecule has 0 unspecified atom stereocenters. The quantitative estimate of drug-likeness (QED) is 0.800. The second-order valence-electron chi connectivity index (χ2n) is 4.79. The predicted octanol–water partition coefficient (Wildman–Crippen LogP) is 2.49. The van der Waals surface area contributed by atoms with Crippen LogP contribution in [0, 0.1) is 0 Å². The maximum absolute atomic E-state index is 10.9. The number of nitrogens with zero attached hydrogens (tertiary/aromatic N) is 2. The molecule has 0 amide bonds. The van der Waals surface area contributed by atoms with E-state index in [0.717, 1.165) is 10.9 Å². The lowest BCUT2D eigenvalue weighted by molar-refractivity contribution is 0.0690. The standard InChI is InChI=1S/C12H14N2O2/c1-12(2,3)14-5-4-8-7-13-9(11(15)16)6-10(8)14/h4-7H,1-3H3,(H,15,16). The van der Waals surface area contributed by atoms with Crippen molar-refractivity contribution in [3.05, 3.63) is 30.2 Å². The summed E-state index contributed by atoms with van der Waals surface area (Å²) in [5.41, 5.74) is 0.912. The lowest BCUT2D eigenvalue weighted by atomic mass is 10.1. The van der Waals surface area contributed by atoms with Crippen LogP contribution in [0.15, 0.2) is 24.5 Å². The third-order valence-corrected chi connectivity index (χ3v) is 2.52. The molecule has 4 heteroatoms. The fourth-order valence-electron chi connectivity index (χ4n) is 1.73. The van der Waals surface area contributed by atoms with Crippen LogP contribution in [-0.4, -0.2) is 20.6 Å². The minimum atomic E-state index is -0.997. The lowest BCUT2D eigenvalue weighted by Gasteiger charge is -2.22. The number of rotatable bonds is 1. The van der Waals surface area contributed by atoms with Crippen LogP contribution in [0.1, 0.15) is 31.3 Å². The number of fused-ring (bicyclic) bond motifs is 1. The molecular weight excluding hydrogens is 204 g/mol. The molecule has 2 heterocycles. The third-order valence-electron chi connectivity index (χ3n) is 2.52. The number of hydrogen-bond donors (Lipinski definition) is 1. The van der Waals surface area contributed by atoms with E-state index < -0.39 is 5.97 Å². The summed E-state index contributed by atoms with van der Waals surface area (Å²) in [5, 5.41) is 9.86. The normalized spacial score (nSPS) is 11.9. The molecule has 0 aromatic carbocycles. The van der Waals surface area contributed by atoms with Gasteiger partial charge in [0, 0.05) is 23.3 Å². The molecule has 0 aliphatic rings. The first-order valence-corrected chi connectivity index (χ1v) is 5.10. The van der Waals surface area contributed by atoms with Gasteiger partial charge in [0.15, 0.2) is 0 Å². The number of hydrogen-bond acceptors (Lipinski definition) is 2. The summed E-state index contributed by atoms with van der Waals surface area (Å²) in [4.78, 5) is 14.7. The van der Waals surface area contributed by atoms with Gasteiger partial charge in [-0.3, -0.25) is 0 Å². The van der Waals surface area contributed by atoms with Gasteiger partial charge in [0.25, 0.3) is 0 Å². The molecule has 16 heavy (non-hydrogen) atoms. The van der Waals surface area contributed by atoms with Gasteiger partial charge < -0.3 is 9.67 Å². The van der Waals surface area contributed by atoms with Gasteiger partial charge in [-0.15, -0.1) is 0 Å². The minimum Gasteiger partial charge on any atom is -0.477 e. The highest BCUT2D eigenvalue weighted by Gasteiger charge is 2.16. The fraction of sp³-hybridized carbons (Fsp3) is 0.333. The molecule has 84 valence electrons. The third kappa shape index (κ3) is 1.66. The molecule has 0 bridgehead atoms. The summed E-state index contributed by atoms with van der Waals surface area (Å²) in [6.07, 6.45) is 3.55. The van der Waals surface area contributed by atoms with Crippen LogP contribution in [0.25, 0.3) is 10.9 Å². The van der Waals surface area contributed by atoms with E-state index in [0.29, 0.717) is 0 Å². The zero-order valence-electron chi connectivity index (χ0n) is 9.56. The Morgan fingerprint density at radius 2 is 2.12 bits per heavy atom. The summed E-state index contributed by atoms with van der Waals surface area (Å²) in [5.74, 6) is -0.997. The molecule has 0 saturated heterocycles. The highest BCUT2D eigenvalue weighted by molar-refractivity contribution is 5.91. The zero-order chi connectivity index (χ0) is 11.9. The van der Waals surface area contributed by atoms with Crippen LogP contribution in [-0.2, 0) is 5.54 Å². The van der Waals surface area contributed by atoms with Gasteiger partial charge in [-0.2, -0.15) is 0 Å². The average molecular weight is 218 g/mol. The van der Waals surface area contributed by atoms with Crippen LogP contribution in [0.5, 0.6) is 0 Å². The zero-order valence-corrected chi connectivity index (χ0v) is 9.56. The lowest BCUT2D eigenvalue weighted by Crippen LogP contribution is -2.20. The minimum absolute atomic E-state index is 0.0706. The molecule has 0 atom stereocenters. The molecule has 1 N–H and O–H groups in total. The van der Waals surface area contributed by atoms with Crippen LogP contribution < -0.4 is 0 Å². The molecule has 2 aromatic rings. The number of aromatic nitrogens is 2. The Morgan fingerprint density at radius 3 is 2.69 bits per heavy atom. The molecule has 2 aromatic heterocycles. The topological polar surface area (TPSA) is 55.1 Å². The van der Waals surface area contributed by atoms with Gasteiger partial charge >= 0.3 is 5.97 Å². The SMILES string of the molecule is CC(C)(C)n1ccc2cnc(C(=O)O)cc21. The van der Waals surface area contributed by atoms with Gasteiger partial charge in [0.2, 0.25) is 0 Å². The highest BCUT2D eigenvalue weighted by atomic mass is 16.4. The van der Waals surface area contributed by atoms with E-state index in [1.165, 1.54) is 0 Å². The monoisotopic (exact) mass is 218 g/mol. The van der Waals surface area contributed by atoms with E-state index in [-0.39, 0.29) is 11.2 Å². The van der Waals surface area contributed by atoms with Crippen LogP contribution >= 0.6 is 0 Å². The van der Waals surface area contributed by atoms with Gasteiger partial charge in [0.05, 0.1) is 5.52 Å². The van der Waals surface area contributed by atoms with E-state index in [2.05, 4.69) is 30.3 Å². The fourth-order valence-corrected chi connectivity index (χ4v) is 1.73. The van der Waals surface area contributed by atoms with E-state index in [4.69, 9.17) is 5.11 Å². The molecule has 0 spiro atoms. The average Bonchev–Trinajstić information content (AvgIpc) is 2.58. The Hall–Kier alpha value is -1.84. The molecule has 0 saturated carbocycles. The molecule has 0 fully saturated rings. The first-order valence-electron chi connectivity index (χ1n) is 5.10. The van der Waals surface area contributed by atoms with Gasteiger partial charge in [0.1, 0.15) is 5.69 Å². The number of pyridine rings is 1. The van der Waals surface area contributed by atoms with Crippen molar-refractivity contribution in [2.75, 3.05) is 0 Å². The summed E-state index contributed by atoms with van der Waals surface area (Å²) in [7, 11) is 0. The number of carboxylic acids is 1. The Bertz CT molecular complexity index is 550. The summed E-state index contributed by atoms with van der Waals surface area (Å²) in [6.45, 7) is 6.23. The van der Waals surface area contributed by atoms with Crippen molar-refractivity contribution in [2.24, 2.45) is 0 Å². The van der Waals surface area contributed by atoms with Gasteiger partial charge in [-0.1, -0.05) is 0 Å². The summed E-state index contributed by atoms with van der Waals surface area (Å²) >= 11 is 0. The Morgan fingerprint density at radius 1 is 1.44 bits per heavy atom. The van der Waals surface area contributed by atoms with Crippen molar-refractivity contribution in [2.45, 2.75) is 26.3 Å². The van der Waals surface area contributed by atoms with Gasteiger partial charge in [-0.25, -0.2) is 9.78 Å². The van der Waals surface area contributed by atoms with Crippen LogP contribution in [0.3, 0.4) is 0 Å². The first-order chi connectivity index (χ1) is 7.39. The number of carbonyl (C=O) groups is 1. The summed E-state index contributed by atoms with van der Waals surface area (Å²) < 4.78 is 2.05. The van der Waals surface area contributed by atoms with Crippen molar-refractivity contribution >= 4 is 16.9 Å². The van der Waals surface area contributed by atoms with Gasteiger partial charge in [-0.05, 0) is 32.9 Å². The van der Waals surface area contributed by atoms with E-state index in [9.17, 15) is 4.79 Å². The highest BCUT2D eigenvalue weighted by Crippen LogP contribution is 2.23.